The van der Waals surface area contributed by atoms with Gasteiger partial charge < -0.3 is 5.11 Å². The lowest BCUT2D eigenvalue weighted by Gasteiger charge is -2.17. The van der Waals surface area contributed by atoms with Crippen LogP contribution in [0, 0.1) is 5.82 Å². The molecule has 0 atom stereocenters. The van der Waals surface area contributed by atoms with Crippen molar-refractivity contribution in [1.82, 2.24) is 10.2 Å². The molecule has 0 radical (unpaired) electrons. The second-order valence-corrected chi connectivity index (χ2v) is 7.15. The number of nitrogens with one attached hydrogen (secondary N) is 1. The van der Waals surface area contributed by atoms with Crippen molar-refractivity contribution in [2.75, 3.05) is 0 Å². The second-order valence-electron chi connectivity index (χ2n) is 7.15. The lowest BCUT2D eigenvalue weighted by atomic mass is 9.86. The molecule has 0 unspecified atom stereocenters. The van der Waals surface area contributed by atoms with Gasteiger partial charge in [0.1, 0.15) is 5.82 Å². The third kappa shape index (κ3) is 4.31. The summed E-state index contributed by atoms with van der Waals surface area (Å²) in [5, 5.41) is 16.7. The number of halogens is 1. The summed E-state index contributed by atoms with van der Waals surface area (Å²) in [6.45, 7) is 2.08. The normalized spacial score (nSPS) is 12.3. The lowest BCUT2D eigenvalue weighted by Crippen LogP contribution is -1.97. The molecule has 5 heteroatoms. The molecule has 4 nitrogen and oxygen atoms in total. The number of allylic oxidation sites excluding steroid dienone is 1. The highest BCUT2D eigenvalue weighted by Gasteiger charge is 2.17. The Morgan fingerprint density at radius 2 is 1.81 bits per heavy atom. The molecule has 0 saturated carbocycles. The van der Waals surface area contributed by atoms with Crippen LogP contribution < -0.4 is 0 Å². The van der Waals surface area contributed by atoms with Gasteiger partial charge in [0.05, 0.1) is 11.7 Å². The number of benzene rings is 3. The Balaban J connectivity index is 1.97. The average Bonchev–Trinajstić information content (AvgIpc) is 3.25. The maximum atomic E-state index is 14.5. The second kappa shape index (κ2) is 8.79. The van der Waals surface area contributed by atoms with Gasteiger partial charge in [-0.25, -0.2) is 9.18 Å². The molecule has 0 amide bonds. The molecule has 1 aromatic heterocycles. The summed E-state index contributed by atoms with van der Waals surface area (Å²) >= 11 is 0. The van der Waals surface area contributed by atoms with E-state index in [9.17, 15) is 9.18 Å². The molecule has 0 fully saturated rings. The Bertz CT molecular complexity index is 1290. The minimum Gasteiger partial charge on any atom is -0.478 e. The van der Waals surface area contributed by atoms with E-state index in [1.54, 1.807) is 18.3 Å². The Hall–Kier alpha value is -3.99. The van der Waals surface area contributed by atoms with E-state index in [2.05, 4.69) is 29.3 Å². The number of aromatic amines is 1. The summed E-state index contributed by atoms with van der Waals surface area (Å²) in [5.41, 5.74) is 6.17. The molecule has 0 bridgehead atoms. The number of carboxylic acid groups (broad SMARTS) is 1. The number of hydrogen-bond acceptors (Lipinski definition) is 2. The third-order valence-corrected chi connectivity index (χ3v) is 5.19. The van der Waals surface area contributed by atoms with E-state index in [1.807, 2.05) is 42.5 Å². The number of aromatic nitrogens is 2. The van der Waals surface area contributed by atoms with E-state index in [-0.39, 0.29) is 5.82 Å². The van der Waals surface area contributed by atoms with Gasteiger partial charge in [-0.05, 0) is 58.0 Å². The summed E-state index contributed by atoms with van der Waals surface area (Å²) in [4.78, 5) is 10.8. The minimum atomic E-state index is -0.996. The molecule has 0 aliphatic rings. The Labute approximate surface area is 179 Å². The van der Waals surface area contributed by atoms with Gasteiger partial charge in [0.2, 0.25) is 0 Å². The van der Waals surface area contributed by atoms with Crippen molar-refractivity contribution in [1.29, 1.82) is 0 Å². The number of rotatable bonds is 6. The van der Waals surface area contributed by atoms with Crippen molar-refractivity contribution in [2.45, 2.75) is 13.3 Å². The van der Waals surface area contributed by atoms with Crippen LogP contribution in [0.1, 0.15) is 35.6 Å². The Morgan fingerprint density at radius 3 is 2.48 bits per heavy atom. The van der Waals surface area contributed by atoms with Gasteiger partial charge in [-0.1, -0.05) is 61.5 Å². The van der Waals surface area contributed by atoms with Crippen molar-refractivity contribution in [2.24, 2.45) is 0 Å². The van der Waals surface area contributed by atoms with Gasteiger partial charge in [-0.2, -0.15) is 5.10 Å². The first kappa shape index (κ1) is 20.3. The lowest BCUT2D eigenvalue weighted by molar-refractivity contribution is -0.131. The molecule has 1 heterocycles. The highest BCUT2D eigenvalue weighted by Crippen LogP contribution is 2.37. The third-order valence-electron chi connectivity index (χ3n) is 5.19. The fraction of sp³-hybridized carbons (Fsp3) is 0.0769. The van der Waals surface area contributed by atoms with Crippen LogP contribution in [0.5, 0.6) is 0 Å². The molecular formula is C26H21FN2O2. The van der Waals surface area contributed by atoms with E-state index >= 15 is 0 Å². The predicted octanol–water partition coefficient (Wildman–Crippen LogP) is 6.17. The van der Waals surface area contributed by atoms with E-state index in [4.69, 9.17) is 5.11 Å². The SMILES string of the molecule is CCC(=C(c1ccc(C=CC(=O)O)cc1)c1cc(F)cc2[nH]ncc12)c1ccccc1. The van der Waals surface area contributed by atoms with Crippen molar-refractivity contribution >= 4 is 34.1 Å². The highest BCUT2D eigenvalue weighted by atomic mass is 19.1. The van der Waals surface area contributed by atoms with Gasteiger partial charge in [0.15, 0.2) is 0 Å². The van der Waals surface area contributed by atoms with Crippen LogP contribution in [0.3, 0.4) is 0 Å². The van der Waals surface area contributed by atoms with Crippen molar-refractivity contribution < 1.29 is 14.3 Å². The Morgan fingerprint density at radius 1 is 1.06 bits per heavy atom. The van der Waals surface area contributed by atoms with Gasteiger partial charge in [-0.3, -0.25) is 5.10 Å². The van der Waals surface area contributed by atoms with Crippen LogP contribution in [0.25, 0.3) is 28.1 Å². The predicted molar refractivity (Wildman–Crippen MR) is 122 cm³/mol. The molecule has 2 N–H and O–H groups in total. The first-order valence-electron chi connectivity index (χ1n) is 10.00. The molecule has 0 saturated heterocycles. The monoisotopic (exact) mass is 412 g/mol. The van der Waals surface area contributed by atoms with E-state index in [1.165, 1.54) is 6.07 Å². The number of aliphatic carboxylic acids is 1. The maximum Gasteiger partial charge on any atom is 0.328 e. The van der Waals surface area contributed by atoms with Gasteiger partial charge >= 0.3 is 5.97 Å². The van der Waals surface area contributed by atoms with Gasteiger partial charge in [0, 0.05) is 11.5 Å². The van der Waals surface area contributed by atoms with Crippen molar-refractivity contribution in [3.8, 4) is 0 Å². The number of carboxylic acids is 1. The fourth-order valence-corrected chi connectivity index (χ4v) is 3.81. The highest BCUT2D eigenvalue weighted by molar-refractivity contribution is 6.05. The number of fused-ring (bicyclic) bond motifs is 1. The molecule has 31 heavy (non-hydrogen) atoms. The van der Waals surface area contributed by atoms with Crippen LogP contribution in [0.15, 0.2) is 79.0 Å². The molecule has 4 aromatic rings. The zero-order valence-electron chi connectivity index (χ0n) is 17.0. The van der Waals surface area contributed by atoms with Gasteiger partial charge in [-0.15, -0.1) is 0 Å². The summed E-state index contributed by atoms with van der Waals surface area (Å²) in [7, 11) is 0. The minimum absolute atomic E-state index is 0.339. The molecular weight excluding hydrogens is 391 g/mol. The van der Waals surface area contributed by atoms with Crippen LogP contribution in [0.4, 0.5) is 4.39 Å². The zero-order valence-corrected chi connectivity index (χ0v) is 17.0. The number of hydrogen-bond donors (Lipinski definition) is 2. The summed E-state index contributed by atoms with van der Waals surface area (Å²) < 4.78 is 14.5. The molecule has 0 spiro atoms. The standard InChI is InChI=1S/C26H21FN2O2/c1-2-21(18-6-4-3-5-7-18)26(19-11-8-17(9-12-19)10-13-25(30)31)22-14-20(27)15-24-23(22)16-28-29-24/h3-16H,2H2,1H3,(H,28,29)(H,30,31). The van der Waals surface area contributed by atoms with Gasteiger partial charge in [0.25, 0.3) is 0 Å². The zero-order chi connectivity index (χ0) is 21.8. The average molecular weight is 412 g/mol. The molecule has 4 rings (SSSR count). The summed E-state index contributed by atoms with van der Waals surface area (Å²) in [6, 6.07) is 20.6. The topological polar surface area (TPSA) is 66.0 Å². The van der Waals surface area contributed by atoms with Crippen LogP contribution in [0.2, 0.25) is 0 Å². The maximum absolute atomic E-state index is 14.5. The van der Waals surface area contributed by atoms with Crippen molar-refractivity contribution in [3.63, 3.8) is 0 Å². The summed E-state index contributed by atoms with van der Waals surface area (Å²) in [5.74, 6) is -1.34. The van der Waals surface area contributed by atoms with E-state index in [0.717, 1.165) is 51.3 Å². The fourth-order valence-electron chi connectivity index (χ4n) is 3.81. The summed E-state index contributed by atoms with van der Waals surface area (Å²) in [6.07, 6.45) is 5.11. The number of H-pyrrole nitrogens is 1. The number of carbonyl (C=O) groups is 1. The Kier molecular flexibility index (Phi) is 5.76. The molecule has 0 aliphatic heterocycles. The van der Waals surface area contributed by atoms with Crippen LogP contribution in [-0.4, -0.2) is 21.3 Å². The molecule has 3 aromatic carbocycles. The van der Waals surface area contributed by atoms with E-state index < -0.39 is 5.97 Å². The largest absolute Gasteiger partial charge is 0.478 e. The van der Waals surface area contributed by atoms with Crippen LogP contribution in [-0.2, 0) is 4.79 Å². The quantitative estimate of drug-likeness (QED) is 0.294. The number of nitrogens with zero attached hydrogens (tertiary/aromatic N) is 1. The van der Waals surface area contributed by atoms with Crippen molar-refractivity contribution in [3.05, 3.63) is 107 Å². The first-order chi connectivity index (χ1) is 15.1. The van der Waals surface area contributed by atoms with Crippen LogP contribution >= 0.6 is 0 Å². The molecule has 154 valence electrons. The van der Waals surface area contributed by atoms with E-state index in [0.29, 0.717) is 5.52 Å². The molecule has 0 aliphatic carbocycles. The smallest absolute Gasteiger partial charge is 0.328 e. The first-order valence-corrected chi connectivity index (χ1v) is 10.00.